The van der Waals surface area contributed by atoms with Crippen LogP contribution >= 0.6 is 27.5 Å². The summed E-state index contributed by atoms with van der Waals surface area (Å²) >= 11 is 9.27. The Bertz CT molecular complexity index is 297. The molecule has 64 valence electrons. The fraction of sp³-hybridized carbons (Fsp3) is 0.333. The third kappa shape index (κ3) is 1.51. The fourth-order valence-corrected chi connectivity index (χ4v) is 2.18. The summed E-state index contributed by atoms with van der Waals surface area (Å²) in [7, 11) is 0. The van der Waals surface area contributed by atoms with E-state index in [-0.39, 0.29) is 6.10 Å². The Morgan fingerprint density at radius 2 is 2.25 bits per heavy atom. The van der Waals surface area contributed by atoms with Crippen LogP contribution in [0.1, 0.15) is 18.1 Å². The molecule has 0 spiro atoms. The highest BCUT2D eigenvalue weighted by molar-refractivity contribution is 9.10. The van der Waals surface area contributed by atoms with Crippen molar-refractivity contribution in [1.29, 1.82) is 0 Å². The van der Waals surface area contributed by atoms with Gasteiger partial charge in [0.05, 0.1) is 12.7 Å². The monoisotopic (exact) mass is 246 g/mol. The molecule has 1 unspecified atom stereocenters. The molecule has 0 saturated carbocycles. The average Bonchev–Trinajstić information content (AvgIpc) is 1.91. The quantitative estimate of drug-likeness (QED) is 0.737. The Morgan fingerprint density at radius 1 is 1.50 bits per heavy atom. The van der Waals surface area contributed by atoms with Crippen LogP contribution in [0.25, 0.3) is 0 Å². The lowest BCUT2D eigenvalue weighted by Gasteiger charge is -2.27. The molecule has 1 aliphatic heterocycles. The van der Waals surface area contributed by atoms with Crippen LogP contribution in [-0.4, -0.2) is 6.61 Å². The first-order chi connectivity index (χ1) is 5.77. The third-order valence-electron chi connectivity index (χ3n) is 2.01. The Morgan fingerprint density at radius 3 is 2.75 bits per heavy atom. The fourth-order valence-electron chi connectivity index (χ4n) is 1.24. The van der Waals surface area contributed by atoms with Gasteiger partial charge in [-0.05, 0) is 17.7 Å². The molecule has 0 aliphatic carbocycles. The molecule has 0 amide bonds. The van der Waals surface area contributed by atoms with E-state index in [1.165, 1.54) is 5.56 Å². The molecular formula is C9H8BrClO. The zero-order valence-corrected chi connectivity index (χ0v) is 8.73. The molecule has 1 aromatic rings. The van der Waals surface area contributed by atoms with Crippen molar-refractivity contribution in [2.24, 2.45) is 0 Å². The lowest BCUT2D eigenvalue weighted by molar-refractivity contribution is -0.0531. The van der Waals surface area contributed by atoms with E-state index in [2.05, 4.69) is 15.9 Å². The van der Waals surface area contributed by atoms with Crippen LogP contribution < -0.4 is 0 Å². The van der Waals surface area contributed by atoms with Crippen molar-refractivity contribution in [3.8, 4) is 0 Å². The van der Waals surface area contributed by atoms with E-state index in [1.807, 2.05) is 18.2 Å². The van der Waals surface area contributed by atoms with E-state index in [9.17, 15) is 0 Å². The summed E-state index contributed by atoms with van der Waals surface area (Å²) in [6.45, 7) is 0.875. The molecular weight excluding hydrogens is 239 g/mol. The Balaban J connectivity index is 2.31. The van der Waals surface area contributed by atoms with Gasteiger partial charge in [0.2, 0.25) is 0 Å². The highest BCUT2D eigenvalue weighted by Crippen LogP contribution is 2.35. The lowest BCUT2D eigenvalue weighted by Crippen LogP contribution is -2.18. The molecule has 0 radical (unpaired) electrons. The zero-order chi connectivity index (χ0) is 8.55. The van der Waals surface area contributed by atoms with E-state index in [4.69, 9.17) is 16.3 Å². The number of rotatable bonds is 1. The number of halogens is 2. The van der Waals surface area contributed by atoms with E-state index in [0.717, 1.165) is 22.5 Å². The molecule has 2 rings (SSSR count). The van der Waals surface area contributed by atoms with Crippen molar-refractivity contribution in [3.63, 3.8) is 0 Å². The molecule has 0 bridgehead atoms. The topological polar surface area (TPSA) is 9.23 Å². The minimum Gasteiger partial charge on any atom is -0.373 e. The normalized spacial score (nSPS) is 22.0. The van der Waals surface area contributed by atoms with Crippen LogP contribution in [0.15, 0.2) is 22.7 Å². The maximum absolute atomic E-state index is 5.81. The van der Waals surface area contributed by atoms with Crippen LogP contribution in [-0.2, 0) is 4.74 Å². The second kappa shape index (κ2) is 3.36. The van der Waals surface area contributed by atoms with Crippen LogP contribution in [0.5, 0.6) is 0 Å². The summed E-state index contributed by atoms with van der Waals surface area (Å²) in [6, 6.07) is 5.80. The molecule has 1 saturated heterocycles. The largest absolute Gasteiger partial charge is 0.373 e. The molecule has 1 nitrogen and oxygen atoms in total. The molecule has 0 N–H and O–H groups in total. The van der Waals surface area contributed by atoms with Gasteiger partial charge in [-0.1, -0.05) is 33.6 Å². The SMILES string of the molecule is Clc1ccc(C2CCO2)c(Br)c1. The zero-order valence-electron chi connectivity index (χ0n) is 6.39. The lowest BCUT2D eigenvalue weighted by atomic mass is 10.0. The van der Waals surface area contributed by atoms with Crippen molar-refractivity contribution >= 4 is 27.5 Å². The Kier molecular flexibility index (Phi) is 2.40. The molecule has 1 aromatic carbocycles. The van der Waals surface area contributed by atoms with Crippen molar-refractivity contribution < 1.29 is 4.74 Å². The molecule has 0 aromatic heterocycles. The summed E-state index contributed by atoms with van der Waals surface area (Å²) in [5.41, 5.74) is 1.20. The van der Waals surface area contributed by atoms with Gasteiger partial charge in [-0.3, -0.25) is 0 Å². The highest BCUT2D eigenvalue weighted by Gasteiger charge is 2.22. The second-order valence-corrected chi connectivity index (χ2v) is 4.10. The number of hydrogen-bond donors (Lipinski definition) is 0. The minimum atomic E-state index is 0.275. The first-order valence-corrected chi connectivity index (χ1v) is 5.01. The molecule has 1 fully saturated rings. The summed E-state index contributed by atoms with van der Waals surface area (Å²) in [6.07, 6.45) is 1.39. The first-order valence-electron chi connectivity index (χ1n) is 3.84. The Labute approximate surface area is 84.8 Å². The molecule has 1 heterocycles. The van der Waals surface area contributed by atoms with Gasteiger partial charge in [-0.2, -0.15) is 0 Å². The van der Waals surface area contributed by atoms with E-state index >= 15 is 0 Å². The van der Waals surface area contributed by atoms with Gasteiger partial charge >= 0.3 is 0 Å². The summed E-state index contributed by atoms with van der Waals surface area (Å²) < 4.78 is 6.41. The van der Waals surface area contributed by atoms with Crippen molar-refractivity contribution in [2.75, 3.05) is 6.61 Å². The summed E-state index contributed by atoms with van der Waals surface area (Å²) in [5, 5.41) is 0.755. The highest BCUT2D eigenvalue weighted by atomic mass is 79.9. The first kappa shape index (κ1) is 8.54. The molecule has 3 heteroatoms. The van der Waals surface area contributed by atoms with Gasteiger partial charge in [0.1, 0.15) is 0 Å². The van der Waals surface area contributed by atoms with Crippen molar-refractivity contribution in [1.82, 2.24) is 0 Å². The summed E-state index contributed by atoms with van der Waals surface area (Å²) in [4.78, 5) is 0. The Hall–Kier alpha value is -0.0500. The predicted octanol–water partition coefficient (Wildman–Crippen LogP) is 3.56. The van der Waals surface area contributed by atoms with Gasteiger partial charge in [0, 0.05) is 15.9 Å². The van der Waals surface area contributed by atoms with Crippen LogP contribution in [0.3, 0.4) is 0 Å². The smallest absolute Gasteiger partial charge is 0.0857 e. The van der Waals surface area contributed by atoms with Crippen LogP contribution in [0.4, 0.5) is 0 Å². The van der Waals surface area contributed by atoms with Crippen molar-refractivity contribution in [2.45, 2.75) is 12.5 Å². The van der Waals surface area contributed by atoms with Gasteiger partial charge in [-0.25, -0.2) is 0 Å². The standard InChI is InChI=1S/C9H8BrClO/c10-8-5-6(11)1-2-7(8)9-3-4-12-9/h1-2,5,9H,3-4H2. The second-order valence-electron chi connectivity index (χ2n) is 2.81. The van der Waals surface area contributed by atoms with Gasteiger partial charge in [-0.15, -0.1) is 0 Å². The summed E-state index contributed by atoms with van der Waals surface area (Å²) in [5.74, 6) is 0. The maximum atomic E-state index is 5.81. The van der Waals surface area contributed by atoms with E-state index in [1.54, 1.807) is 0 Å². The van der Waals surface area contributed by atoms with E-state index in [0.29, 0.717) is 0 Å². The van der Waals surface area contributed by atoms with Crippen LogP contribution in [0.2, 0.25) is 5.02 Å². The number of benzene rings is 1. The van der Waals surface area contributed by atoms with Crippen LogP contribution in [0, 0.1) is 0 Å². The predicted molar refractivity (Wildman–Crippen MR) is 52.5 cm³/mol. The van der Waals surface area contributed by atoms with Gasteiger partial charge in [0.15, 0.2) is 0 Å². The minimum absolute atomic E-state index is 0.275. The van der Waals surface area contributed by atoms with Gasteiger partial charge < -0.3 is 4.74 Å². The number of hydrogen-bond acceptors (Lipinski definition) is 1. The van der Waals surface area contributed by atoms with Crippen molar-refractivity contribution in [3.05, 3.63) is 33.3 Å². The molecule has 1 aliphatic rings. The molecule has 1 atom stereocenters. The van der Waals surface area contributed by atoms with E-state index < -0.39 is 0 Å². The molecule has 12 heavy (non-hydrogen) atoms. The average molecular weight is 248 g/mol. The van der Waals surface area contributed by atoms with Gasteiger partial charge in [0.25, 0.3) is 0 Å². The maximum Gasteiger partial charge on any atom is 0.0857 e. The third-order valence-corrected chi connectivity index (χ3v) is 2.93. The number of ether oxygens (including phenoxy) is 1.